The summed E-state index contributed by atoms with van der Waals surface area (Å²) in [4.78, 5) is 24.8. The standard InChI is InChI=1S/C15H20N2O3/c1-11-4-5-13(10-12(11)2)14(18)16-6-3-7-17-8-9-20-15(17)19/h4-5,10H,3,6-9H2,1-2H3,(H,16,18). The minimum Gasteiger partial charge on any atom is -0.448 e. The monoisotopic (exact) mass is 276 g/mol. The molecule has 1 N–H and O–H groups in total. The third-order valence-electron chi connectivity index (χ3n) is 3.50. The van der Waals surface area contributed by atoms with E-state index in [0.717, 1.165) is 12.0 Å². The van der Waals surface area contributed by atoms with E-state index in [1.54, 1.807) is 4.90 Å². The SMILES string of the molecule is Cc1ccc(C(=O)NCCCN2CCOC2=O)cc1C. The van der Waals surface area contributed by atoms with Gasteiger partial charge in [-0.1, -0.05) is 6.07 Å². The average molecular weight is 276 g/mol. The molecule has 0 atom stereocenters. The highest BCUT2D eigenvalue weighted by Crippen LogP contribution is 2.09. The van der Waals surface area contributed by atoms with Gasteiger partial charge in [-0.15, -0.1) is 0 Å². The van der Waals surface area contributed by atoms with Gasteiger partial charge in [-0.25, -0.2) is 4.79 Å². The Hall–Kier alpha value is -2.04. The van der Waals surface area contributed by atoms with E-state index in [0.29, 0.717) is 31.8 Å². The van der Waals surface area contributed by atoms with Gasteiger partial charge >= 0.3 is 6.09 Å². The molecule has 1 aliphatic heterocycles. The van der Waals surface area contributed by atoms with Crippen molar-refractivity contribution < 1.29 is 14.3 Å². The Balaban J connectivity index is 1.74. The van der Waals surface area contributed by atoms with Crippen molar-refractivity contribution in [1.29, 1.82) is 0 Å². The Kier molecular flexibility index (Phi) is 4.61. The maximum atomic E-state index is 12.0. The van der Waals surface area contributed by atoms with Gasteiger partial charge in [0.2, 0.25) is 0 Å². The van der Waals surface area contributed by atoms with Crippen LogP contribution in [0, 0.1) is 13.8 Å². The summed E-state index contributed by atoms with van der Waals surface area (Å²) in [5.74, 6) is -0.0721. The molecule has 0 spiro atoms. The molecule has 2 amide bonds. The molecule has 1 fully saturated rings. The van der Waals surface area contributed by atoms with Crippen molar-refractivity contribution in [2.24, 2.45) is 0 Å². The number of rotatable bonds is 5. The highest BCUT2D eigenvalue weighted by atomic mass is 16.6. The molecule has 108 valence electrons. The zero-order chi connectivity index (χ0) is 14.5. The normalized spacial score (nSPS) is 14.3. The molecule has 1 aromatic rings. The van der Waals surface area contributed by atoms with Crippen molar-refractivity contribution in [1.82, 2.24) is 10.2 Å². The zero-order valence-electron chi connectivity index (χ0n) is 11.9. The lowest BCUT2D eigenvalue weighted by Crippen LogP contribution is -2.30. The van der Waals surface area contributed by atoms with Crippen LogP contribution in [0.1, 0.15) is 27.9 Å². The zero-order valence-corrected chi connectivity index (χ0v) is 11.9. The van der Waals surface area contributed by atoms with Crippen LogP contribution in [0.2, 0.25) is 0 Å². The molecule has 0 aliphatic carbocycles. The fraction of sp³-hybridized carbons (Fsp3) is 0.467. The summed E-state index contributed by atoms with van der Waals surface area (Å²) < 4.78 is 4.84. The molecule has 1 saturated heterocycles. The number of hydrogen-bond acceptors (Lipinski definition) is 3. The van der Waals surface area contributed by atoms with Crippen molar-refractivity contribution in [3.05, 3.63) is 34.9 Å². The van der Waals surface area contributed by atoms with Crippen LogP contribution in [-0.2, 0) is 4.74 Å². The predicted molar refractivity (Wildman–Crippen MR) is 75.8 cm³/mol. The van der Waals surface area contributed by atoms with Crippen LogP contribution in [0.5, 0.6) is 0 Å². The van der Waals surface area contributed by atoms with Gasteiger partial charge in [0.15, 0.2) is 0 Å². The number of hydrogen-bond donors (Lipinski definition) is 1. The van der Waals surface area contributed by atoms with E-state index >= 15 is 0 Å². The Bertz CT molecular complexity index is 514. The van der Waals surface area contributed by atoms with Crippen LogP contribution < -0.4 is 5.32 Å². The molecule has 0 bridgehead atoms. The van der Waals surface area contributed by atoms with Crippen molar-refractivity contribution in [2.75, 3.05) is 26.2 Å². The fourth-order valence-electron chi connectivity index (χ4n) is 2.09. The van der Waals surface area contributed by atoms with E-state index in [1.165, 1.54) is 5.56 Å². The number of nitrogens with one attached hydrogen (secondary N) is 1. The second-order valence-corrected chi connectivity index (χ2v) is 5.01. The number of nitrogens with zero attached hydrogens (tertiary/aromatic N) is 1. The third kappa shape index (κ3) is 3.50. The van der Waals surface area contributed by atoms with Crippen LogP contribution in [0.4, 0.5) is 4.79 Å². The molecular weight excluding hydrogens is 256 g/mol. The topological polar surface area (TPSA) is 58.6 Å². The van der Waals surface area contributed by atoms with Gasteiger partial charge in [-0.05, 0) is 43.5 Å². The number of carbonyl (C=O) groups excluding carboxylic acids is 2. The van der Waals surface area contributed by atoms with Crippen molar-refractivity contribution in [3.63, 3.8) is 0 Å². The van der Waals surface area contributed by atoms with E-state index in [1.807, 2.05) is 32.0 Å². The summed E-state index contributed by atoms with van der Waals surface area (Å²) in [5, 5.41) is 2.87. The highest BCUT2D eigenvalue weighted by Gasteiger charge is 2.20. The molecular formula is C15H20N2O3. The molecule has 5 nitrogen and oxygen atoms in total. The van der Waals surface area contributed by atoms with Gasteiger partial charge < -0.3 is 15.0 Å². The molecule has 1 aliphatic rings. The van der Waals surface area contributed by atoms with Crippen LogP contribution in [0.25, 0.3) is 0 Å². The number of cyclic esters (lactones) is 1. The number of carbonyl (C=O) groups is 2. The Morgan fingerprint density at radius 3 is 2.80 bits per heavy atom. The van der Waals surface area contributed by atoms with Crippen molar-refractivity contribution in [2.45, 2.75) is 20.3 Å². The van der Waals surface area contributed by atoms with E-state index in [-0.39, 0.29) is 12.0 Å². The van der Waals surface area contributed by atoms with Crippen molar-refractivity contribution in [3.8, 4) is 0 Å². The summed E-state index contributed by atoms with van der Waals surface area (Å²) in [6.07, 6.45) is 0.469. The van der Waals surface area contributed by atoms with E-state index < -0.39 is 0 Å². The number of benzene rings is 1. The second kappa shape index (κ2) is 6.41. The first-order valence-corrected chi connectivity index (χ1v) is 6.85. The maximum absolute atomic E-state index is 12.0. The van der Waals surface area contributed by atoms with Crippen LogP contribution in [0.15, 0.2) is 18.2 Å². The average Bonchev–Trinajstić information content (AvgIpc) is 2.83. The molecule has 2 rings (SSSR count). The summed E-state index contributed by atoms with van der Waals surface area (Å²) in [5.41, 5.74) is 2.96. The lowest BCUT2D eigenvalue weighted by atomic mass is 10.1. The Morgan fingerprint density at radius 2 is 2.15 bits per heavy atom. The molecule has 0 aromatic heterocycles. The van der Waals surface area contributed by atoms with Crippen molar-refractivity contribution >= 4 is 12.0 Å². The molecule has 0 radical (unpaired) electrons. The number of aryl methyl sites for hydroxylation is 2. The molecule has 0 unspecified atom stereocenters. The van der Waals surface area contributed by atoms with Gasteiger partial charge in [0, 0.05) is 18.7 Å². The lowest BCUT2D eigenvalue weighted by molar-refractivity contribution is 0.0952. The third-order valence-corrected chi connectivity index (χ3v) is 3.50. The fourth-order valence-corrected chi connectivity index (χ4v) is 2.09. The van der Waals surface area contributed by atoms with E-state index in [2.05, 4.69) is 5.32 Å². The first kappa shape index (κ1) is 14.4. The summed E-state index contributed by atoms with van der Waals surface area (Å²) in [6.45, 7) is 6.29. The maximum Gasteiger partial charge on any atom is 0.409 e. The van der Waals surface area contributed by atoms with Crippen LogP contribution in [0.3, 0.4) is 0 Å². The highest BCUT2D eigenvalue weighted by molar-refractivity contribution is 5.94. The van der Waals surface area contributed by atoms with Gasteiger partial charge in [-0.2, -0.15) is 0 Å². The van der Waals surface area contributed by atoms with Gasteiger partial charge in [-0.3, -0.25) is 4.79 Å². The number of amides is 2. The minimum atomic E-state index is -0.259. The smallest absolute Gasteiger partial charge is 0.409 e. The molecule has 20 heavy (non-hydrogen) atoms. The molecule has 1 aromatic carbocycles. The van der Waals surface area contributed by atoms with Gasteiger partial charge in [0.05, 0.1) is 6.54 Å². The molecule has 0 saturated carbocycles. The summed E-state index contributed by atoms with van der Waals surface area (Å²) in [7, 11) is 0. The first-order valence-electron chi connectivity index (χ1n) is 6.85. The second-order valence-electron chi connectivity index (χ2n) is 5.01. The number of ether oxygens (including phenoxy) is 1. The largest absolute Gasteiger partial charge is 0.448 e. The summed E-state index contributed by atoms with van der Waals surface area (Å²) >= 11 is 0. The van der Waals surface area contributed by atoms with Crippen LogP contribution >= 0.6 is 0 Å². The lowest BCUT2D eigenvalue weighted by Gasteiger charge is -2.12. The predicted octanol–water partition coefficient (Wildman–Crippen LogP) is 1.88. The van der Waals surface area contributed by atoms with Gasteiger partial charge in [0.25, 0.3) is 5.91 Å². The van der Waals surface area contributed by atoms with E-state index in [9.17, 15) is 9.59 Å². The summed E-state index contributed by atoms with van der Waals surface area (Å²) in [6, 6.07) is 5.67. The minimum absolute atomic E-state index is 0.0721. The van der Waals surface area contributed by atoms with Crippen LogP contribution in [-0.4, -0.2) is 43.1 Å². The first-order chi connectivity index (χ1) is 9.58. The Morgan fingerprint density at radius 1 is 1.35 bits per heavy atom. The quantitative estimate of drug-likeness (QED) is 0.835. The van der Waals surface area contributed by atoms with E-state index in [4.69, 9.17) is 4.74 Å². The molecule has 1 heterocycles. The Labute approximate surface area is 118 Å². The molecule has 5 heteroatoms. The van der Waals surface area contributed by atoms with Gasteiger partial charge in [0.1, 0.15) is 6.61 Å².